The first-order chi connectivity index (χ1) is 14.0. The van der Waals surface area contributed by atoms with Crippen molar-refractivity contribution in [1.82, 2.24) is 0 Å². The van der Waals surface area contributed by atoms with Crippen LogP contribution in [0.5, 0.6) is 0 Å². The Morgan fingerprint density at radius 3 is 2.27 bits per heavy atom. The lowest BCUT2D eigenvalue weighted by molar-refractivity contribution is -0.137. The highest BCUT2D eigenvalue weighted by Crippen LogP contribution is 2.36. The Morgan fingerprint density at radius 1 is 1.07 bits per heavy atom. The van der Waals surface area contributed by atoms with Crippen molar-refractivity contribution in [3.63, 3.8) is 0 Å². The third kappa shape index (κ3) is 4.52. The number of carbonyl (C=O) groups excluding carboxylic acids is 1. The molecule has 1 amide bonds. The van der Waals surface area contributed by atoms with Gasteiger partial charge in [-0.1, -0.05) is 6.07 Å². The van der Waals surface area contributed by atoms with E-state index in [9.17, 15) is 35.5 Å². The molecule has 0 saturated heterocycles. The minimum Gasteiger partial charge on any atom is -0.446 e. The summed E-state index contributed by atoms with van der Waals surface area (Å²) in [5.74, 6) is -6.23. The van der Waals surface area contributed by atoms with E-state index in [0.717, 1.165) is 6.07 Å². The maximum atomic E-state index is 14.4. The number of nitrogens with two attached hydrogens (primary N) is 1. The standard InChI is InChI=1S/C18H14F7N3O2/c19-10-5-8(18(23,24)25)2-1-7(10)6-27-15-11(20)12(21)16(14(26)13(15)22)28-17(29)30-9-3-4-9/h1-2,5,9,27H,3-4,6,26H2,(H,28,29). The van der Waals surface area contributed by atoms with E-state index in [-0.39, 0.29) is 17.7 Å². The van der Waals surface area contributed by atoms with Crippen LogP contribution in [-0.4, -0.2) is 12.2 Å². The number of anilines is 3. The van der Waals surface area contributed by atoms with Gasteiger partial charge in [0, 0.05) is 12.1 Å². The molecule has 0 heterocycles. The largest absolute Gasteiger partial charge is 0.446 e. The summed E-state index contributed by atoms with van der Waals surface area (Å²) in [5.41, 5.74) is 0.817. The van der Waals surface area contributed by atoms with Gasteiger partial charge in [-0.05, 0) is 25.0 Å². The molecule has 12 heteroatoms. The van der Waals surface area contributed by atoms with Crippen molar-refractivity contribution in [2.75, 3.05) is 16.4 Å². The van der Waals surface area contributed by atoms with Gasteiger partial charge in [-0.2, -0.15) is 13.2 Å². The van der Waals surface area contributed by atoms with E-state index < -0.39 is 64.7 Å². The predicted molar refractivity (Wildman–Crippen MR) is 92.6 cm³/mol. The maximum Gasteiger partial charge on any atom is 0.416 e. The van der Waals surface area contributed by atoms with Gasteiger partial charge >= 0.3 is 12.3 Å². The molecule has 0 spiro atoms. The first-order valence-electron chi connectivity index (χ1n) is 8.52. The van der Waals surface area contributed by atoms with Gasteiger partial charge in [0.25, 0.3) is 0 Å². The molecule has 5 nitrogen and oxygen atoms in total. The summed E-state index contributed by atoms with van der Waals surface area (Å²) in [5, 5.41) is 3.89. The van der Waals surface area contributed by atoms with E-state index in [2.05, 4.69) is 5.32 Å². The number of carbonyl (C=O) groups is 1. The molecule has 0 unspecified atom stereocenters. The van der Waals surface area contributed by atoms with Crippen LogP contribution in [0.2, 0.25) is 0 Å². The average molecular weight is 437 g/mol. The topological polar surface area (TPSA) is 76.4 Å². The van der Waals surface area contributed by atoms with Crippen molar-refractivity contribution in [2.24, 2.45) is 0 Å². The Balaban J connectivity index is 1.80. The maximum absolute atomic E-state index is 14.4. The predicted octanol–water partition coefficient (Wildman–Crippen LogP) is 5.17. The zero-order valence-corrected chi connectivity index (χ0v) is 15.0. The first kappa shape index (κ1) is 21.5. The zero-order chi connectivity index (χ0) is 22.2. The van der Waals surface area contributed by atoms with E-state index >= 15 is 0 Å². The normalized spacial score (nSPS) is 13.8. The SMILES string of the molecule is Nc1c(F)c(NCc2ccc(C(F)(F)F)cc2F)c(F)c(F)c1NC(=O)OC1CC1. The van der Waals surface area contributed by atoms with Gasteiger partial charge in [0.15, 0.2) is 17.5 Å². The molecule has 0 aliphatic heterocycles. The quantitative estimate of drug-likeness (QED) is 0.343. The van der Waals surface area contributed by atoms with E-state index in [1.54, 1.807) is 0 Å². The Morgan fingerprint density at radius 2 is 1.70 bits per heavy atom. The number of rotatable bonds is 5. The van der Waals surface area contributed by atoms with Crippen LogP contribution in [0.4, 0.5) is 52.6 Å². The molecule has 1 aliphatic carbocycles. The van der Waals surface area contributed by atoms with Crippen LogP contribution in [0.15, 0.2) is 18.2 Å². The number of alkyl halides is 3. The van der Waals surface area contributed by atoms with Crippen LogP contribution in [0.3, 0.4) is 0 Å². The fourth-order valence-corrected chi connectivity index (χ4v) is 2.48. The van der Waals surface area contributed by atoms with Gasteiger partial charge in [0.05, 0.1) is 11.3 Å². The summed E-state index contributed by atoms with van der Waals surface area (Å²) in [7, 11) is 0. The van der Waals surface area contributed by atoms with Gasteiger partial charge in [0.1, 0.15) is 23.3 Å². The van der Waals surface area contributed by atoms with Gasteiger partial charge in [0.2, 0.25) is 0 Å². The van der Waals surface area contributed by atoms with Crippen molar-refractivity contribution in [3.8, 4) is 0 Å². The number of nitrogens with one attached hydrogen (secondary N) is 2. The Hall–Kier alpha value is -3.18. The molecule has 2 aromatic carbocycles. The van der Waals surface area contributed by atoms with Crippen molar-refractivity contribution in [2.45, 2.75) is 31.7 Å². The Labute approximate surface area is 165 Å². The Bertz CT molecular complexity index is 962. The second-order valence-electron chi connectivity index (χ2n) is 6.49. The van der Waals surface area contributed by atoms with E-state index in [1.165, 1.54) is 0 Å². The van der Waals surface area contributed by atoms with Crippen LogP contribution >= 0.6 is 0 Å². The van der Waals surface area contributed by atoms with Crippen molar-refractivity contribution < 1.29 is 40.3 Å². The molecule has 1 saturated carbocycles. The number of ether oxygens (including phenoxy) is 1. The first-order valence-corrected chi connectivity index (χ1v) is 8.52. The third-order valence-corrected chi connectivity index (χ3v) is 4.22. The van der Waals surface area contributed by atoms with Crippen LogP contribution in [0.25, 0.3) is 0 Å². The van der Waals surface area contributed by atoms with E-state index in [0.29, 0.717) is 18.9 Å². The van der Waals surface area contributed by atoms with Gasteiger partial charge in [-0.15, -0.1) is 0 Å². The lowest BCUT2D eigenvalue weighted by Crippen LogP contribution is -2.19. The van der Waals surface area contributed by atoms with Gasteiger partial charge < -0.3 is 15.8 Å². The second kappa shape index (κ2) is 7.92. The highest BCUT2D eigenvalue weighted by Gasteiger charge is 2.32. The molecular weight excluding hydrogens is 423 g/mol. The van der Waals surface area contributed by atoms with E-state index in [4.69, 9.17) is 10.5 Å². The number of halogens is 7. The minimum atomic E-state index is -4.77. The molecule has 2 aromatic rings. The molecule has 30 heavy (non-hydrogen) atoms. The molecule has 4 N–H and O–H groups in total. The van der Waals surface area contributed by atoms with E-state index in [1.807, 2.05) is 5.32 Å². The van der Waals surface area contributed by atoms with Crippen LogP contribution in [0.1, 0.15) is 24.0 Å². The summed E-state index contributed by atoms with van der Waals surface area (Å²) in [4.78, 5) is 11.6. The van der Waals surface area contributed by atoms with Crippen LogP contribution in [-0.2, 0) is 17.5 Å². The van der Waals surface area contributed by atoms with Gasteiger partial charge in [-0.25, -0.2) is 22.4 Å². The molecule has 1 fully saturated rings. The molecule has 0 aromatic heterocycles. The molecule has 0 bridgehead atoms. The minimum absolute atomic E-state index is 0.219. The van der Waals surface area contributed by atoms with Crippen molar-refractivity contribution in [1.29, 1.82) is 0 Å². The highest BCUT2D eigenvalue weighted by molar-refractivity contribution is 5.90. The molecular formula is C18H14F7N3O2. The smallest absolute Gasteiger partial charge is 0.416 e. The summed E-state index contributed by atoms with van der Waals surface area (Å²) in [6.07, 6.45) is -5.06. The Kier molecular flexibility index (Phi) is 5.68. The van der Waals surface area contributed by atoms with Crippen molar-refractivity contribution >= 4 is 23.2 Å². The summed E-state index contributed by atoms with van der Waals surface area (Å²) in [6, 6.07) is 1.57. The summed E-state index contributed by atoms with van der Waals surface area (Å²) < 4.78 is 99.3. The number of amides is 1. The molecule has 3 rings (SSSR count). The monoisotopic (exact) mass is 437 g/mol. The summed E-state index contributed by atoms with van der Waals surface area (Å²) >= 11 is 0. The third-order valence-electron chi connectivity index (χ3n) is 4.22. The van der Waals surface area contributed by atoms with Crippen LogP contribution < -0.4 is 16.4 Å². The number of hydrogen-bond acceptors (Lipinski definition) is 4. The average Bonchev–Trinajstić information content (AvgIpc) is 3.47. The second-order valence-corrected chi connectivity index (χ2v) is 6.49. The van der Waals surface area contributed by atoms with Crippen LogP contribution in [0, 0.1) is 23.3 Å². The van der Waals surface area contributed by atoms with Gasteiger partial charge in [-0.3, -0.25) is 5.32 Å². The molecule has 1 aliphatic rings. The summed E-state index contributed by atoms with van der Waals surface area (Å²) in [6.45, 7) is -0.673. The number of hydrogen-bond donors (Lipinski definition) is 3. The highest BCUT2D eigenvalue weighted by atomic mass is 19.4. The number of benzene rings is 2. The molecule has 0 radical (unpaired) electrons. The lowest BCUT2D eigenvalue weighted by atomic mass is 10.1. The van der Waals surface area contributed by atoms with Crippen molar-refractivity contribution in [3.05, 3.63) is 52.6 Å². The lowest BCUT2D eigenvalue weighted by Gasteiger charge is -2.16. The molecule has 162 valence electrons. The zero-order valence-electron chi connectivity index (χ0n) is 15.0. The molecule has 0 atom stereocenters. The fourth-order valence-electron chi connectivity index (χ4n) is 2.48. The number of nitrogen functional groups attached to an aromatic ring is 1. The fraction of sp³-hybridized carbons (Fsp3) is 0.278.